The molecule has 1 aliphatic carbocycles. The van der Waals surface area contributed by atoms with Gasteiger partial charge in [0.15, 0.2) is 0 Å². The summed E-state index contributed by atoms with van der Waals surface area (Å²) in [5, 5.41) is 2.73. The molecule has 112 valence electrons. The summed E-state index contributed by atoms with van der Waals surface area (Å²) in [4.78, 5) is 0. The molecule has 2 atom stereocenters. The predicted octanol–water partition coefficient (Wildman–Crippen LogP) is 5.67. The van der Waals surface area contributed by atoms with Crippen LogP contribution >= 0.6 is 23.2 Å². The summed E-state index contributed by atoms with van der Waals surface area (Å²) >= 11 is 11.7. The Bertz CT molecular complexity index is 467. The SMILES string of the molecule is Fc1cc(Cl)c(NC2CCCCC2C(F)(F)F)c(Cl)c1. The Kier molecular flexibility index (Phi) is 4.69. The summed E-state index contributed by atoms with van der Waals surface area (Å²) in [6, 6.07) is 1.27. The number of alkyl halides is 3. The molecule has 1 saturated carbocycles. The molecule has 2 rings (SSSR count). The highest BCUT2D eigenvalue weighted by atomic mass is 35.5. The zero-order valence-corrected chi connectivity index (χ0v) is 11.9. The van der Waals surface area contributed by atoms with Gasteiger partial charge in [-0.1, -0.05) is 36.0 Å². The van der Waals surface area contributed by atoms with E-state index in [1.807, 2.05) is 0 Å². The normalized spacial score (nSPS) is 23.7. The second-order valence-electron chi connectivity index (χ2n) is 4.93. The van der Waals surface area contributed by atoms with Crippen molar-refractivity contribution in [1.29, 1.82) is 0 Å². The molecule has 0 radical (unpaired) electrons. The zero-order valence-electron chi connectivity index (χ0n) is 10.4. The van der Waals surface area contributed by atoms with Crippen LogP contribution in [0.1, 0.15) is 25.7 Å². The van der Waals surface area contributed by atoms with Crippen molar-refractivity contribution in [1.82, 2.24) is 0 Å². The molecule has 7 heteroatoms. The highest BCUT2D eigenvalue weighted by Gasteiger charge is 2.45. The number of nitrogens with one attached hydrogen (secondary N) is 1. The summed E-state index contributed by atoms with van der Waals surface area (Å²) in [5.74, 6) is -2.06. The average molecular weight is 330 g/mol. The van der Waals surface area contributed by atoms with Gasteiger partial charge < -0.3 is 5.32 Å². The van der Waals surface area contributed by atoms with Gasteiger partial charge in [0.05, 0.1) is 21.7 Å². The third kappa shape index (κ3) is 3.50. The molecule has 1 N–H and O–H groups in total. The smallest absolute Gasteiger partial charge is 0.379 e. The van der Waals surface area contributed by atoms with E-state index >= 15 is 0 Å². The van der Waals surface area contributed by atoms with E-state index in [-0.39, 0.29) is 22.2 Å². The molecular weight excluding hydrogens is 317 g/mol. The van der Waals surface area contributed by atoms with Gasteiger partial charge in [0.1, 0.15) is 5.82 Å². The van der Waals surface area contributed by atoms with Crippen molar-refractivity contribution in [3.05, 3.63) is 28.0 Å². The third-order valence-electron chi connectivity index (χ3n) is 3.52. The van der Waals surface area contributed by atoms with Gasteiger partial charge in [-0.05, 0) is 25.0 Å². The van der Waals surface area contributed by atoms with E-state index in [4.69, 9.17) is 23.2 Å². The molecule has 0 aromatic heterocycles. The minimum absolute atomic E-state index is 0.0125. The molecule has 0 amide bonds. The van der Waals surface area contributed by atoms with Gasteiger partial charge in [0.2, 0.25) is 0 Å². The van der Waals surface area contributed by atoms with E-state index in [0.717, 1.165) is 12.1 Å². The molecule has 1 fully saturated rings. The fourth-order valence-corrected chi connectivity index (χ4v) is 3.13. The van der Waals surface area contributed by atoms with E-state index in [1.54, 1.807) is 0 Å². The lowest BCUT2D eigenvalue weighted by atomic mass is 9.84. The quantitative estimate of drug-likeness (QED) is 0.690. The van der Waals surface area contributed by atoms with Gasteiger partial charge in [-0.2, -0.15) is 13.2 Å². The van der Waals surface area contributed by atoms with E-state index in [0.29, 0.717) is 19.3 Å². The van der Waals surface area contributed by atoms with Crippen LogP contribution in [0.15, 0.2) is 12.1 Å². The van der Waals surface area contributed by atoms with Crippen LogP contribution in [0.5, 0.6) is 0 Å². The molecule has 1 aliphatic rings. The van der Waals surface area contributed by atoms with Gasteiger partial charge >= 0.3 is 6.18 Å². The number of benzene rings is 1. The minimum Gasteiger partial charge on any atom is -0.379 e. The number of halogens is 6. The highest BCUT2D eigenvalue weighted by molar-refractivity contribution is 6.39. The summed E-state index contributed by atoms with van der Waals surface area (Å²) in [5.41, 5.74) is 0.163. The van der Waals surface area contributed by atoms with Gasteiger partial charge in [0, 0.05) is 6.04 Å². The van der Waals surface area contributed by atoms with Crippen molar-refractivity contribution < 1.29 is 17.6 Å². The van der Waals surface area contributed by atoms with Crippen LogP contribution in [-0.4, -0.2) is 12.2 Å². The minimum atomic E-state index is -4.27. The second kappa shape index (κ2) is 5.98. The van der Waals surface area contributed by atoms with E-state index in [1.165, 1.54) is 0 Å². The van der Waals surface area contributed by atoms with Gasteiger partial charge in [0.25, 0.3) is 0 Å². The Morgan fingerprint density at radius 1 is 1.05 bits per heavy atom. The third-order valence-corrected chi connectivity index (χ3v) is 4.12. The van der Waals surface area contributed by atoms with E-state index in [9.17, 15) is 17.6 Å². The highest BCUT2D eigenvalue weighted by Crippen LogP contribution is 2.41. The average Bonchev–Trinajstić information content (AvgIpc) is 2.33. The monoisotopic (exact) mass is 329 g/mol. The molecule has 0 heterocycles. The number of rotatable bonds is 2. The predicted molar refractivity (Wildman–Crippen MR) is 71.8 cm³/mol. The Morgan fingerprint density at radius 2 is 1.60 bits per heavy atom. The van der Waals surface area contributed by atoms with E-state index < -0.39 is 24.0 Å². The molecular formula is C13H13Cl2F4N. The second-order valence-corrected chi connectivity index (χ2v) is 5.74. The van der Waals surface area contributed by atoms with Crippen molar-refractivity contribution in [3.8, 4) is 0 Å². The Labute approximate surface area is 124 Å². The van der Waals surface area contributed by atoms with Crippen molar-refractivity contribution in [3.63, 3.8) is 0 Å². The van der Waals surface area contributed by atoms with Crippen LogP contribution in [0, 0.1) is 11.7 Å². The molecule has 0 aliphatic heterocycles. The zero-order chi connectivity index (χ0) is 14.9. The van der Waals surface area contributed by atoms with E-state index in [2.05, 4.69) is 5.32 Å². The first-order valence-electron chi connectivity index (χ1n) is 6.27. The van der Waals surface area contributed by atoms with Gasteiger partial charge in [-0.3, -0.25) is 0 Å². The van der Waals surface area contributed by atoms with Crippen molar-refractivity contribution >= 4 is 28.9 Å². The molecule has 2 unspecified atom stereocenters. The maximum absolute atomic E-state index is 13.1. The van der Waals surface area contributed by atoms with Crippen LogP contribution in [-0.2, 0) is 0 Å². The van der Waals surface area contributed by atoms with Crippen LogP contribution < -0.4 is 5.32 Å². The standard InChI is InChI=1S/C13H13Cl2F4N/c14-9-5-7(16)6-10(15)12(9)20-11-4-2-1-3-8(11)13(17,18)19/h5-6,8,11,20H,1-4H2. The number of hydrogen-bond acceptors (Lipinski definition) is 1. The topological polar surface area (TPSA) is 12.0 Å². The summed E-state index contributed by atoms with van der Waals surface area (Å²) < 4.78 is 52.1. The fraction of sp³-hybridized carbons (Fsp3) is 0.538. The maximum Gasteiger partial charge on any atom is 0.393 e. The van der Waals surface area contributed by atoms with Gasteiger partial charge in [-0.15, -0.1) is 0 Å². The molecule has 0 saturated heterocycles. The van der Waals surface area contributed by atoms with Gasteiger partial charge in [-0.25, -0.2) is 4.39 Å². The molecule has 1 aromatic rings. The molecule has 0 spiro atoms. The van der Waals surface area contributed by atoms with Crippen molar-refractivity contribution in [2.24, 2.45) is 5.92 Å². The van der Waals surface area contributed by atoms with Crippen LogP contribution in [0.25, 0.3) is 0 Å². The Hall–Kier alpha value is -0.680. The Morgan fingerprint density at radius 3 is 2.15 bits per heavy atom. The van der Waals surface area contributed by atoms with Crippen molar-refractivity contribution in [2.75, 3.05) is 5.32 Å². The Balaban J connectivity index is 2.23. The lowest BCUT2D eigenvalue weighted by Crippen LogP contribution is -2.41. The first-order valence-corrected chi connectivity index (χ1v) is 7.02. The first-order chi connectivity index (χ1) is 9.29. The number of hydrogen-bond donors (Lipinski definition) is 1. The lowest BCUT2D eigenvalue weighted by Gasteiger charge is -2.34. The fourth-order valence-electron chi connectivity index (χ4n) is 2.56. The first kappa shape index (κ1) is 15.7. The van der Waals surface area contributed by atoms with Crippen LogP contribution in [0.2, 0.25) is 10.0 Å². The molecule has 20 heavy (non-hydrogen) atoms. The molecule has 1 nitrogen and oxygen atoms in total. The summed E-state index contributed by atoms with van der Waals surface area (Å²) in [6.45, 7) is 0. The van der Waals surface area contributed by atoms with Crippen LogP contribution in [0.3, 0.4) is 0 Å². The lowest BCUT2D eigenvalue weighted by molar-refractivity contribution is -0.184. The molecule has 0 bridgehead atoms. The number of anilines is 1. The van der Waals surface area contributed by atoms with Crippen LogP contribution in [0.4, 0.5) is 23.2 Å². The summed E-state index contributed by atoms with van der Waals surface area (Å²) in [7, 11) is 0. The maximum atomic E-state index is 13.1. The molecule has 1 aromatic carbocycles. The summed E-state index contributed by atoms with van der Waals surface area (Å²) in [6.07, 6.45) is -2.54. The largest absolute Gasteiger partial charge is 0.393 e. The van der Waals surface area contributed by atoms with Crippen molar-refractivity contribution in [2.45, 2.75) is 37.9 Å².